The summed E-state index contributed by atoms with van der Waals surface area (Å²) in [4.78, 5) is 5.31. The molecule has 0 saturated heterocycles. The highest BCUT2D eigenvalue weighted by Crippen LogP contribution is 2.63. The molecule has 3 heterocycles. The Hall–Kier alpha value is -3.98. The lowest BCUT2D eigenvalue weighted by Gasteiger charge is -2.53. The van der Waals surface area contributed by atoms with Crippen LogP contribution in [0.3, 0.4) is 0 Å². The van der Waals surface area contributed by atoms with Crippen LogP contribution in [0, 0.1) is 26.2 Å². The van der Waals surface area contributed by atoms with Gasteiger partial charge in [-0.2, -0.15) is 0 Å². The van der Waals surface area contributed by atoms with Crippen molar-refractivity contribution in [2.45, 2.75) is 67.0 Å². The maximum Gasteiger partial charge on any atom is 0.123 e. The highest BCUT2D eigenvalue weighted by atomic mass is 16.5. The normalized spacial score (nSPS) is 19.3. The Labute approximate surface area is 245 Å². The second kappa shape index (κ2) is 8.52. The fourth-order valence-electron chi connectivity index (χ4n) is 7.73. The number of fused-ring (bicyclic) bond motifs is 11. The lowest BCUT2D eigenvalue weighted by atomic mass is 9.59. The van der Waals surface area contributed by atoms with E-state index in [1.165, 1.54) is 72.8 Å². The number of hydrogen-bond donors (Lipinski definition) is 0. The number of rotatable bonds is 1. The molecule has 0 amide bonds. The van der Waals surface area contributed by atoms with Crippen LogP contribution in [0.2, 0.25) is 0 Å². The van der Waals surface area contributed by atoms with E-state index in [9.17, 15) is 0 Å². The molecule has 1 atom stereocenters. The molecular weight excluding hydrogens is 500 g/mol. The number of allylic oxidation sites excluding steroid dienone is 1. The molecule has 4 aromatic rings. The lowest BCUT2D eigenvalue weighted by Crippen LogP contribution is -2.51. The van der Waals surface area contributed by atoms with Gasteiger partial charge in [0.2, 0.25) is 0 Å². The van der Waals surface area contributed by atoms with Gasteiger partial charge in [-0.05, 0) is 67.1 Å². The fraction of sp³-hybridized carbons (Fsp3) is 0.316. The average Bonchev–Trinajstić information content (AvgIpc) is 3.25. The van der Waals surface area contributed by atoms with Crippen LogP contribution >= 0.6 is 0 Å². The maximum atomic E-state index is 5.91. The first-order valence-electron chi connectivity index (χ1n) is 14.8. The molecule has 0 bridgehead atoms. The van der Waals surface area contributed by atoms with Crippen molar-refractivity contribution in [3.63, 3.8) is 0 Å². The zero-order valence-electron chi connectivity index (χ0n) is 25.8. The molecule has 0 radical (unpaired) electrons. The minimum absolute atomic E-state index is 0.0671. The van der Waals surface area contributed by atoms with Crippen LogP contribution in [-0.4, -0.2) is 13.3 Å². The Morgan fingerprint density at radius 1 is 0.610 bits per heavy atom. The Morgan fingerprint density at radius 3 is 1.83 bits per heavy atom. The summed E-state index contributed by atoms with van der Waals surface area (Å²) >= 11 is 0. The summed E-state index contributed by atoms with van der Waals surface area (Å²) in [6.07, 6.45) is 0.0671. The molecule has 3 nitrogen and oxygen atoms in total. The van der Waals surface area contributed by atoms with Gasteiger partial charge in [0.1, 0.15) is 11.9 Å². The number of ether oxygens (including phenoxy) is 1. The summed E-state index contributed by atoms with van der Waals surface area (Å²) in [6, 6.07) is 27.1. The number of nitrogens with zero attached hydrogens (tertiary/aromatic N) is 2. The van der Waals surface area contributed by atoms with Gasteiger partial charge in [0.05, 0.1) is 29.9 Å². The van der Waals surface area contributed by atoms with Crippen molar-refractivity contribution >= 4 is 17.1 Å². The van der Waals surface area contributed by atoms with E-state index in [0.717, 1.165) is 5.75 Å². The van der Waals surface area contributed by atoms with E-state index in [1.54, 1.807) is 7.11 Å². The zero-order chi connectivity index (χ0) is 29.0. The predicted octanol–water partition coefficient (Wildman–Crippen LogP) is 9.63. The maximum absolute atomic E-state index is 5.91. The van der Waals surface area contributed by atoms with Gasteiger partial charge in [-0.3, -0.25) is 0 Å². The minimum Gasteiger partial charge on any atom is -0.496 e. The standard InChI is InChI=1S/C38H40N2O/c1-22-18-19-30-28-16-11-10-14-26(28)27-15-12-13-17-29(27)35-36-38(7,8)37(5,6)31-20-21-32(41-9)24(3)34(31)40(36)25(4)39(35)33(30)23(22)2/h10-21,25H,1-9H3/t25-/m0/s1. The van der Waals surface area contributed by atoms with Gasteiger partial charge in [0.25, 0.3) is 0 Å². The molecular formula is C38H40N2O. The highest BCUT2D eigenvalue weighted by Gasteiger charge is 2.56. The molecule has 0 aliphatic carbocycles. The van der Waals surface area contributed by atoms with Crippen molar-refractivity contribution in [1.29, 1.82) is 0 Å². The third-order valence-electron chi connectivity index (χ3n) is 10.8. The predicted molar refractivity (Wildman–Crippen MR) is 173 cm³/mol. The molecule has 0 N–H and O–H groups in total. The average molecular weight is 541 g/mol. The molecule has 41 heavy (non-hydrogen) atoms. The molecule has 4 aromatic carbocycles. The van der Waals surface area contributed by atoms with Crippen LogP contribution < -0.4 is 14.5 Å². The van der Waals surface area contributed by atoms with Crippen LogP contribution in [0.4, 0.5) is 11.4 Å². The van der Waals surface area contributed by atoms with Crippen LogP contribution in [0.1, 0.15) is 62.4 Å². The summed E-state index contributed by atoms with van der Waals surface area (Å²) in [7, 11) is 1.78. The molecule has 3 aliphatic heterocycles. The van der Waals surface area contributed by atoms with Crippen molar-refractivity contribution < 1.29 is 4.74 Å². The van der Waals surface area contributed by atoms with Gasteiger partial charge in [-0.1, -0.05) is 94.4 Å². The van der Waals surface area contributed by atoms with Crippen molar-refractivity contribution in [2.75, 3.05) is 16.9 Å². The first kappa shape index (κ1) is 26.0. The molecule has 0 aromatic heterocycles. The SMILES string of the molecule is COc1ccc2c(c1C)N1C(=C3c4ccccc4-c4ccccc4-c4ccc(C)c(C)c4N3[C@@H]1C)C(C)(C)C2(C)C. The van der Waals surface area contributed by atoms with E-state index in [0.29, 0.717) is 0 Å². The van der Waals surface area contributed by atoms with Gasteiger partial charge >= 0.3 is 0 Å². The smallest absolute Gasteiger partial charge is 0.123 e. The van der Waals surface area contributed by atoms with Gasteiger partial charge in [-0.15, -0.1) is 0 Å². The largest absolute Gasteiger partial charge is 0.496 e. The Kier molecular flexibility index (Phi) is 5.39. The third-order valence-corrected chi connectivity index (χ3v) is 10.8. The quantitative estimate of drug-likeness (QED) is 0.239. The number of methoxy groups -OCH3 is 1. The van der Waals surface area contributed by atoms with Crippen molar-refractivity contribution in [3.8, 4) is 28.0 Å². The van der Waals surface area contributed by atoms with Gasteiger partial charge in [0, 0.05) is 27.5 Å². The van der Waals surface area contributed by atoms with Crippen LogP contribution in [0.5, 0.6) is 5.75 Å². The van der Waals surface area contributed by atoms with E-state index >= 15 is 0 Å². The Balaban J connectivity index is 1.70. The van der Waals surface area contributed by atoms with E-state index in [1.807, 2.05) is 0 Å². The number of anilines is 2. The summed E-state index contributed by atoms with van der Waals surface area (Å²) in [5.74, 6) is 0.940. The summed E-state index contributed by atoms with van der Waals surface area (Å²) in [6.45, 7) is 18.9. The van der Waals surface area contributed by atoms with Gasteiger partial charge in [-0.25, -0.2) is 0 Å². The van der Waals surface area contributed by atoms with Gasteiger partial charge in [0.15, 0.2) is 0 Å². The Morgan fingerprint density at radius 2 is 1.20 bits per heavy atom. The second-order valence-corrected chi connectivity index (χ2v) is 13.1. The van der Waals surface area contributed by atoms with E-state index in [-0.39, 0.29) is 17.0 Å². The number of aryl methyl sites for hydroxylation is 1. The molecule has 0 fully saturated rings. The van der Waals surface area contributed by atoms with E-state index in [2.05, 4.69) is 138 Å². The second-order valence-electron chi connectivity index (χ2n) is 13.1. The topological polar surface area (TPSA) is 15.7 Å². The monoisotopic (exact) mass is 540 g/mol. The molecule has 0 unspecified atom stereocenters. The number of benzene rings is 4. The first-order valence-corrected chi connectivity index (χ1v) is 14.8. The van der Waals surface area contributed by atoms with Gasteiger partial charge < -0.3 is 14.5 Å². The minimum atomic E-state index is -0.164. The highest BCUT2D eigenvalue weighted by molar-refractivity contribution is 6.05. The van der Waals surface area contributed by atoms with Crippen molar-refractivity contribution in [3.05, 3.63) is 106 Å². The van der Waals surface area contributed by atoms with Crippen LogP contribution in [0.15, 0.2) is 78.5 Å². The van der Waals surface area contributed by atoms with Crippen molar-refractivity contribution in [1.82, 2.24) is 0 Å². The zero-order valence-corrected chi connectivity index (χ0v) is 25.8. The fourth-order valence-corrected chi connectivity index (χ4v) is 7.73. The Bertz CT molecular complexity index is 1790. The molecule has 3 heteroatoms. The molecule has 0 spiro atoms. The summed E-state index contributed by atoms with van der Waals surface area (Å²) in [5.41, 5.74) is 16.7. The molecule has 0 saturated carbocycles. The summed E-state index contributed by atoms with van der Waals surface area (Å²) < 4.78 is 5.91. The van der Waals surface area contributed by atoms with Crippen LogP contribution in [-0.2, 0) is 5.41 Å². The van der Waals surface area contributed by atoms with E-state index in [4.69, 9.17) is 4.74 Å². The van der Waals surface area contributed by atoms with E-state index < -0.39 is 0 Å². The van der Waals surface area contributed by atoms with Crippen molar-refractivity contribution in [2.24, 2.45) is 5.41 Å². The third kappa shape index (κ3) is 3.15. The molecule has 208 valence electrons. The molecule has 3 aliphatic rings. The van der Waals surface area contributed by atoms with Crippen LogP contribution in [0.25, 0.3) is 28.0 Å². The number of hydrogen-bond acceptors (Lipinski definition) is 3. The molecule has 7 rings (SSSR count). The lowest BCUT2D eigenvalue weighted by molar-refractivity contribution is 0.233. The first-order chi connectivity index (χ1) is 19.5. The summed E-state index contributed by atoms with van der Waals surface area (Å²) in [5, 5.41) is 0.